The van der Waals surface area contributed by atoms with Gasteiger partial charge in [0.15, 0.2) is 5.60 Å². The summed E-state index contributed by atoms with van der Waals surface area (Å²) in [4.78, 5) is 15.6. The first kappa shape index (κ1) is 23.9. The van der Waals surface area contributed by atoms with Gasteiger partial charge in [-0.1, -0.05) is 73.5 Å². The number of aliphatic hydroxyl groups excluding tert-OH is 1. The third-order valence-corrected chi connectivity index (χ3v) is 8.05. The normalized spacial score (nSPS) is 21.0. The summed E-state index contributed by atoms with van der Waals surface area (Å²) in [7, 11) is 4.35. The standard InChI is InChI=1S/C28H39N2O3/c1-30(2,21-26(31)22-11-5-3-6-12-22)25-17-19-29(20-18-25)27(32)28(33,24-15-9-10-16-24)23-13-7-4-8-14-23/h3-8,11-14,24-26,31,33H,9-10,15-21H2,1-2H3/q+1/t26-,28?/m0/s1. The molecule has 5 heteroatoms. The van der Waals surface area contributed by atoms with Gasteiger partial charge < -0.3 is 19.6 Å². The number of benzene rings is 2. The fourth-order valence-corrected chi connectivity index (χ4v) is 5.95. The predicted octanol–water partition coefficient (Wildman–Crippen LogP) is 3.87. The Hall–Kier alpha value is -2.21. The lowest BCUT2D eigenvalue weighted by Gasteiger charge is -2.45. The average molecular weight is 452 g/mol. The lowest BCUT2D eigenvalue weighted by Crippen LogP contribution is -2.58. The summed E-state index contributed by atoms with van der Waals surface area (Å²) < 4.78 is 0.712. The smallest absolute Gasteiger partial charge is 0.259 e. The van der Waals surface area contributed by atoms with Crippen LogP contribution in [0.5, 0.6) is 0 Å². The lowest BCUT2D eigenvalue weighted by atomic mass is 9.78. The highest BCUT2D eigenvalue weighted by atomic mass is 16.3. The van der Waals surface area contributed by atoms with Crippen LogP contribution in [-0.4, -0.2) is 65.3 Å². The number of aliphatic hydroxyl groups is 2. The summed E-state index contributed by atoms with van der Waals surface area (Å²) in [5, 5.41) is 22.6. The number of rotatable bonds is 7. The van der Waals surface area contributed by atoms with Crippen LogP contribution in [0.2, 0.25) is 0 Å². The minimum absolute atomic E-state index is 0.0154. The van der Waals surface area contributed by atoms with E-state index >= 15 is 0 Å². The van der Waals surface area contributed by atoms with Crippen molar-refractivity contribution in [2.75, 3.05) is 33.7 Å². The second kappa shape index (κ2) is 9.96. The topological polar surface area (TPSA) is 60.8 Å². The summed E-state index contributed by atoms with van der Waals surface area (Å²) in [5.74, 6) is -0.146. The van der Waals surface area contributed by atoms with Gasteiger partial charge in [0.2, 0.25) is 0 Å². The number of carbonyl (C=O) groups excluding carboxylic acids is 1. The molecule has 0 radical (unpaired) electrons. The van der Waals surface area contributed by atoms with Crippen molar-refractivity contribution in [1.29, 1.82) is 0 Å². The number of piperidine rings is 1. The van der Waals surface area contributed by atoms with E-state index in [1.54, 1.807) is 0 Å². The molecule has 33 heavy (non-hydrogen) atoms. The molecule has 2 fully saturated rings. The Bertz CT molecular complexity index is 903. The first-order valence-electron chi connectivity index (χ1n) is 12.5. The van der Waals surface area contributed by atoms with E-state index in [-0.39, 0.29) is 11.8 Å². The zero-order chi connectivity index (χ0) is 23.5. The number of hydrogen-bond donors (Lipinski definition) is 2. The molecular formula is C28H39N2O3+. The quantitative estimate of drug-likeness (QED) is 0.629. The molecule has 0 aromatic heterocycles. The largest absolute Gasteiger partial charge is 0.382 e. The minimum atomic E-state index is -1.43. The number of amides is 1. The van der Waals surface area contributed by atoms with Crippen molar-refractivity contribution in [3.8, 4) is 0 Å². The molecule has 2 aliphatic rings. The van der Waals surface area contributed by atoms with Crippen LogP contribution in [0, 0.1) is 5.92 Å². The third kappa shape index (κ3) is 5.01. The van der Waals surface area contributed by atoms with E-state index in [0.717, 1.165) is 49.7 Å². The molecule has 1 saturated carbocycles. The molecular weight excluding hydrogens is 412 g/mol. The van der Waals surface area contributed by atoms with Crippen LogP contribution in [0.25, 0.3) is 0 Å². The third-order valence-electron chi connectivity index (χ3n) is 8.05. The molecule has 2 N–H and O–H groups in total. The van der Waals surface area contributed by atoms with Crippen molar-refractivity contribution in [2.24, 2.45) is 5.92 Å². The van der Waals surface area contributed by atoms with Gasteiger partial charge >= 0.3 is 0 Å². The SMILES string of the molecule is C[N+](C)(C[C@H](O)c1ccccc1)C1CCN(C(=O)C(O)(c2ccccc2)C2CCCC2)CC1. The molecule has 1 unspecified atom stereocenters. The average Bonchev–Trinajstić information content (AvgIpc) is 3.40. The zero-order valence-corrected chi connectivity index (χ0v) is 20.1. The Labute approximate surface area is 198 Å². The molecule has 1 aliphatic carbocycles. The van der Waals surface area contributed by atoms with Crippen molar-refractivity contribution >= 4 is 5.91 Å². The van der Waals surface area contributed by atoms with Crippen molar-refractivity contribution < 1.29 is 19.5 Å². The first-order chi connectivity index (χ1) is 15.8. The van der Waals surface area contributed by atoms with Crippen LogP contribution >= 0.6 is 0 Å². The number of quaternary nitrogens is 1. The van der Waals surface area contributed by atoms with Gasteiger partial charge in [0.05, 0.1) is 20.1 Å². The molecule has 2 aromatic carbocycles. The summed E-state index contributed by atoms with van der Waals surface area (Å²) in [6.45, 7) is 1.93. The molecule has 5 nitrogen and oxygen atoms in total. The maximum atomic E-state index is 13.8. The van der Waals surface area contributed by atoms with Crippen LogP contribution in [0.1, 0.15) is 55.8 Å². The molecule has 0 spiro atoms. The summed E-state index contributed by atoms with van der Waals surface area (Å²) in [6, 6.07) is 19.7. The van der Waals surface area contributed by atoms with Gasteiger partial charge in [0, 0.05) is 31.8 Å². The van der Waals surface area contributed by atoms with Gasteiger partial charge in [-0.15, -0.1) is 0 Å². The molecule has 2 aromatic rings. The molecule has 178 valence electrons. The van der Waals surface area contributed by atoms with Crippen LogP contribution in [0.15, 0.2) is 60.7 Å². The maximum Gasteiger partial charge on any atom is 0.259 e. The molecule has 1 aliphatic heterocycles. The Morgan fingerprint density at radius 1 is 0.970 bits per heavy atom. The summed E-state index contributed by atoms with van der Waals surface area (Å²) in [5.41, 5.74) is 0.241. The number of nitrogens with zero attached hydrogens (tertiary/aromatic N) is 2. The van der Waals surface area contributed by atoms with E-state index in [9.17, 15) is 15.0 Å². The lowest BCUT2D eigenvalue weighted by molar-refractivity contribution is -0.919. The van der Waals surface area contributed by atoms with Crippen molar-refractivity contribution in [2.45, 2.75) is 56.3 Å². The van der Waals surface area contributed by atoms with E-state index in [0.29, 0.717) is 30.2 Å². The van der Waals surface area contributed by atoms with Gasteiger partial charge in [0.25, 0.3) is 5.91 Å². The second-order valence-corrected chi connectivity index (χ2v) is 10.5. The van der Waals surface area contributed by atoms with Gasteiger partial charge in [-0.05, 0) is 24.0 Å². The fraction of sp³-hybridized carbons (Fsp3) is 0.536. The van der Waals surface area contributed by atoms with Crippen molar-refractivity contribution in [3.05, 3.63) is 71.8 Å². The van der Waals surface area contributed by atoms with Crippen LogP contribution < -0.4 is 0 Å². The van der Waals surface area contributed by atoms with Crippen LogP contribution in [0.3, 0.4) is 0 Å². The molecule has 4 rings (SSSR count). The van der Waals surface area contributed by atoms with Gasteiger partial charge in [-0.2, -0.15) is 0 Å². The highest BCUT2D eigenvalue weighted by molar-refractivity contribution is 5.87. The van der Waals surface area contributed by atoms with E-state index in [1.807, 2.05) is 65.6 Å². The highest BCUT2D eigenvalue weighted by Gasteiger charge is 2.49. The van der Waals surface area contributed by atoms with Gasteiger partial charge in [0.1, 0.15) is 12.6 Å². The molecule has 2 atom stereocenters. The molecule has 1 heterocycles. The maximum absolute atomic E-state index is 13.8. The number of hydrogen-bond acceptors (Lipinski definition) is 3. The Morgan fingerprint density at radius 2 is 1.52 bits per heavy atom. The van der Waals surface area contributed by atoms with Gasteiger partial charge in [-0.25, -0.2) is 0 Å². The first-order valence-corrected chi connectivity index (χ1v) is 12.5. The summed E-state index contributed by atoms with van der Waals surface area (Å²) in [6.07, 6.45) is 5.18. The minimum Gasteiger partial charge on any atom is -0.382 e. The molecule has 1 saturated heterocycles. The van der Waals surface area contributed by atoms with Gasteiger partial charge in [-0.3, -0.25) is 4.79 Å². The van der Waals surface area contributed by atoms with Crippen molar-refractivity contribution in [3.63, 3.8) is 0 Å². The monoisotopic (exact) mass is 451 g/mol. The van der Waals surface area contributed by atoms with Crippen LogP contribution in [0.4, 0.5) is 0 Å². The fourth-order valence-electron chi connectivity index (χ4n) is 5.95. The number of likely N-dealkylation sites (N-methyl/N-ethyl adjacent to an activating group) is 1. The Morgan fingerprint density at radius 3 is 2.09 bits per heavy atom. The predicted molar refractivity (Wildman–Crippen MR) is 130 cm³/mol. The second-order valence-electron chi connectivity index (χ2n) is 10.5. The highest BCUT2D eigenvalue weighted by Crippen LogP contribution is 2.42. The molecule has 0 bridgehead atoms. The number of likely N-dealkylation sites (tertiary alicyclic amines) is 1. The van der Waals surface area contributed by atoms with E-state index in [1.165, 1.54) is 0 Å². The van der Waals surface area contributed by atoms with E-state index in [2.05, 4.69) is 14.1 Å². The molecule has 1 amide bonds. The Balaban J connectivity index is 1.43. The Kier molecular flexibility index (Phi) is 7.22. The zero-order valence-electron chi connectivity index (χ0n) is 20.1. The van der Waals surface area contributed by atoms with E-state index in [4.69, 9.17) is 0 Å². The number of carbonyl (C=O) groups is 1. The van der Waals surface area contributed by atoms with E-state index < -0.39 is 11.7 Å². The summed E-state index contributed by atoms with van der Waals surface area (Å²) >= 11 is 0. The van der Waals surface area contributed by atoms with Crippen molar-refractivity contribution in [1.82, 2.24) is 4.90 Å². The van der Waals surface area contributed by atoms with Crippen LogP contribution in [-0.2, 0) is 10.4 Å².